The van der Waals surface area contributed by atoms with Gasteiger partial charge in [-0.25, -0.2) is 4.98 Å². The van der Waals surface area contributed by atoms with Gasteiger partial charge < -0.3 is 102 Å². The van der Waals surface area contributed by atoms with Crippen LogP contribution in [0.25, 0.3) is 10.9 Å². The molecular weight excluding hydrogens is 1300 g/mol. The van der Waals surface area contributed by atoms with E-state index in [1.165, 1.54) is 24.3 Å². The van der Waals surface area contributed by atoms with Crippen molar-refractivity contribution in [3.8, 4) is 0 Å². The van der Waals surface area contributed by atoms with Gasteiger partial charge in [-0.05, 0) is 118 Å². The average Bonchev–Trinajstić information content (AvgIpc) is 1.72. The number of unbranched alkanes of at least 4 members (excludes halogenated alkanes) is 1. The highest BCUT2D eigenvalue weighted by molar-refractivity contribution is 7.98. The fourth-order valence-corrected chi connectivity index (χ4v) is 11.1. The Morgan fingerprint density at radius 2 is 0.960 bits per heavy atom. The molecule has 0 saturated heterocycles. The van der Waals surface area contributed by atoms with Crippen molar-refractivity contribution in [3.05, 3.63) is 54.2 Å². The highest BCUT2D eigenvalue weighted by Gasteiger charge is 2.36. The third kappa shape index (κ3) is 31.2. The number of aliphatic hydroxyl groups excluding tert-OH is 1. The van der Waals surface area contributed by atoms with Crippen LogP contribution in [-0.4, -0.2) is 202 Å². The summed E-state index contributed by atoms with van der Waals surface area (Å²) in [7, 11) is 0. The molecule has 2 heterocycles. The van der Waals surface area contributed by atoms with E-state index < -0.39 is 151 Å². The van der Waals surface area contributed by atoms with E-state index in [2.05, 4.69) is 78.4 Å². The summed E-state index contributed by atoms with van der Waals surface area (Å²) in [6.07, 6.45) is 7.68. The van der Waals surface area contributed by atoms with Crippen LogP contribution in [0.2, 0.25) is 0 Å². The highest BCUT2D eigenvalue weighted by Crippen LogP contribution is 2.20. The van der Waals surface area contributed by atoms with Gasteiger partial charge in [0.15, 0.2) is 5.96 Å². The molecule has 0 aliphatic carbocycles. The Bertz CT molecular complexity index is 3140. The third-order valence-corrected chi connectivity index (χ3v) is 16.2. The number of para-hydroxylation sites is 1. The summed E-state index contributed by atoms with van der Waals surface area (Å²) in [6.45, 7) is 12.8. The number of benzene rings is 1. The third-order valence-electron chi connectivity index (χ3n) is 15.6. The lowest BCUT2D eigenvalue weighted by atomic mass is 9.99. The molecule has 0 spiro atoms. The smallest absolute Gasteiger partial charge is 0.245 e. The first kappa shape index (κ1) is 84.3. The Balaban J connectivity index is 1.83. The second kappa shape index (κ2) is 44.2. The first-order chi connectivity index (χ1) is 46.9. The van der Waals surface area contributed by atoms with Crippen LogP contribution < -0.4 is 87.2 Å². The monoisotopic (exact) mass is 1410 g/mol. The largest absolute Gasteiger partial charge is 0.394 e. The summed E-state index contributed by atoms with van der Waals surface area (Å²) in [4.78, 5) is 180. The zero-order valence-electron chi connectivity index (χ0n) is 58.4. The number of nitrogens with zero attached hydrogens (tertiary/aromatic N) is 2. The number of carbonyl (C=O) groups is 12. The molecule has 2 aromatic heterocycles. The minimum atomic E-state index is -1.68. The number of fused-ring (bicyclic) bond motifs is 1. The number of H-pyrrole nitrogens is 2. The molecule has 0 bridgehead atoms. The maximum Gasteiger partial charge on any atom is 0.245 e. The van der Waals surface area contributed by atoms with E-state index in [-0.39, 0.29) is 101 Å². The first-order valence-electron chi connectivity index (χ1n) is 33.6. The highest BCUT2D eigenvalue weighted by atomic mass is 32.2. The molecule has 0 aliphatic heterocycles. The Labute approximate surface area is 582 Å². The van der Waals surface area contributed by atoms with Crippen LogP contribution >= 0.6 is 11.8 Å². The summed E-state index contributed by atoms with van der Waals surface area (Å²) < 4.78 is 0. The minimum absolute atomic E-state index is 0.00736. The molecule has 0 fully saturated rings. The SMILES string of the molecule is CSCC[C@H](NC(=O)CN)C(=O)N[C@@H](Cc1c[nH]c2ccccc12)C(=O)N[C@@H](CO)C(=O)N[C@@H](CCCCN)C(=O)N[C@@H](CC(C)C)C(=O)N[C@@H](CC(C)C)C(=O)NCC(=O)N[C@@H](Cc1cnc[nH]1)C(=O)N[C@@H](CC(C)C)C(=O)N[C@@H](CC(C)C)C(=O)N[C@@H](CCCN=C(N)N)C(N)=O. The topological polar surface area (TPSA) is 544 Å². The summed E-state index contributed by atoms with van der Waals surface area (Å²) >= 11 is 1.43. The van der Waals surface area contributed by atoms with E-state index in [1.54, 1.807) is 40.0 Å². The van der Waals surface area contributed by atoms with E-state index in [0.29, 0.717) is 36.3 Å². The van der Waals surface area contributed by atoms with Gasteiger partial charge in [0.1, 0.15) is 60.4 Å². The lowest BCUT2D eigenvalue weighted by Gasteiger charge is -2.28. The minimum Gasteiger partial charge on any atom is -0.394 e. The second-order valence-electron chi connectivity index (χ2n) is 26.1. The number of carbonyl (C=O) groups excluding carboxylic acids is 12. The fraction of sp³-hybridized carbons (Fsp3) is 0.631. The van der Waals surface area contributed by atoms with Crippen LogP contribution in [0.3, 0.4) is 0 Å². The lowest BCUT2D eigenvalue weighted by molar-refractivity contribution is -0.136. The molecule has 1 aromatic carbocycles. The molecule has 0 radical (unpaired) electrons. The molecule has 10 atom stereocenters. The summed E-state index contributed by atoms with van der Waals surface area (Å²) in [6, 6.07) is -5.70. The summed E-state index contributed by atoms with van der Waals surface area (Å²) in [5.41, 5.74) is 29.6. The zero-order chi connectivity index (χ0) is 73.9. The van der Waals surface area contributed by atoms with Crippen molar-refractivity contribution in [2.24, 2.45) is 57.3 Å². The number of rotatable bonds is 47. The zero-order valence-corrected chi connectivity index (χ0v) is 59.2. The molecule has 3 aromatic rings. The standard InChI is InChI=1S/C65H108N20O13S/c1-35(2)23-46(56(90)74-32-54(88)77-51(28-40-31-71-34-75-40)63(97)83-49(26-38(7)8)61(95)82-47(24-36(3)4)59(93)78-43(55(68)89)18-14-21-72-65(69)70)80-60(94)48(25-37(5)6)81-57(91)44(17-12-13-20-66)79-64(98)52(33-86)85-62(96)50(27-39-30-73-42-16-11-10-15-41(39)42)84-58(92)45(19-22-99-9)76-53(87)29-67/h10-11,15-16,30-31,34-38,43-52,73,86H,12-14,17-29,32-33,66-67H2,1-9H3,(H2,68,89)(H,71,75)(H,74,90)(H,76,87)(H,77,88)(H,78,93)(H,79,98)(H,80,94)(H,81,91)(H,82,95)(H,83,97)(H,84,92)(H,85,96)(H4,69,70,72)/t43-,44-,45-,46-,47-,48-,49-,50-,51-,52-/m0/s1. The van der Waals surface area contributed by atoms with Crippen molar-refractivity contribution in [2.75, 3.05) is 44.8 Å². The first-order valence-corrected chi connectivity index (χ1v) is 35.0. The van der Waals surface area contributed by atoms with Gasteiger partial charge in [-0.3, -0.25) is 62.5 Å². The Morgan fingerprint density at radius 1 is 0.515 bits per heavy atom. The predicted molar refractivity (Wildman–Crippen MR) is 376 cm³/mol. The van der Waals surface area contributed by atoms with Crippen molar-refractivity contribution in [3.63, 3.8) is 0 Å². The summed E-state index contributed by atoms with van der Waals surface area (Å²) in [5.74, 6) is -9.87. The molecule has 552 valence electrons. The number of hydrogen-bond donors (Lipinski definition) is 19. The van der Waals surface area contributed by atoms with Crippen LogP contribution in [0.15, 0.2) is 48.0 Å². The number of aliphatic hydroxyl groups is 1. The fourth-order valence-electron chi connectivity index (χ4n) is 10.6. The number of nitrogens with one attached hydrogen (secondary N) is 13. The van der Waals surface area contributed by atoms with Crippen LogP contribution in [0, 0.1) is 23.7 Å². The number of amides is 12. The van der Waals surface area contributed by atoms with Gasteiger partial charge in [-0.1, -0.05) is 73.6 Å². The van der Waals surface area contributed by atoms with Crippen LogP contribution in [0.4, 0.5) is 0 Å². The number of imidazole rings is 1. The van der Waals surface area contributed by atoms with Crippen LogP contribution in [-0.2, 0) is 70.4 Å². The molecule has 0 aliphatic rings. The van der Waals surface area contributed by atoms with Crippen molar-refractivity contribution < 1.29 is 62.6 Å². The van der Waals surface area contributed by atoms with Crippen molar-refractivity contribution in [1.82, 2.24) is 73.4 Å². The number of hydrogen-bond acceptors (Lipinski definition) is 18. The Morgan fingerprint density at radius 3 is 1.44 bits per heavy atom. The van der Waals surface area contributed by atoms with Crippen molar-refractivity contribution >= 4 is 99.5 Å². The molecule has 33 nitrogen and oxygen atoms in total. The molecule has 24 N–H and O–H groups in total. The Hall–Kier alpha value is -8.89. The van der Waals surface area contributed by atoms with Gasteiger partial charge in [-0.2, -0.15) is 11.8 Å². The number of aliphatic imine (C=N–C) groups is 1. The van der Waals surface area contributed by atoms with E-state index in [1.807, 2.05) is 52.1 Å². The predicted octanol–water partition coefficient (Wildman–Crippen LogP) is -2.80. The van der Waals surface area contributed by atoms with Crippen molar-refractivity contribution in [1.29, 1.82) is 0 Å². The molecule has 12 amide bonds. The maximum absolute atomic E-state index is 14.4. The molecule has 0 unspecified atom stereocenters. The molecular formula is C65H108N20O13S. The second-order valence-corrected chi connectivity index (χ2v) is 27.1. The molecule has 3 rings (SSSR count). The quantitative estimate of drug-likeness (QED) is 0.0154. The lowest BCUT2D eigenvalue weighted by Crippen LogP contribution is -2.61. The van der Waals surface area contributed by atoms with E-state index >= 15 is 0 Å². The van der Waals surface area contributed by atoms with E-state index in [0.717, 1.165) is 10.9 Å². The average molecular weight is 1410 g/mol. The van der Waals surface area contributed by atoms with Crippen LogP contribution in [0.1, 0.15) is 131 Å². The molecule has 99 heavy (non-hydrogen) atoms. The van der Waals surface area contributed by atoms with Crippen LogP contribution in [0.5, 0.6) is 0 Å². The number of thioether (sulfide) groups is 1. The van der Waals surface area contributed by atoms with E-state index in [4.69, 9.17) is 28.7 Å². The number of primary amides is 1. The summed E-state index contributed by atoms with van der Waals surface area (Å²) in [5, 5.41) is 40.5. The normalized spacial score (nSPS) is 14.4. The van der Waals surface area contributed by atoms with Gasteiger partial charge in [0.25, 0.3) is 0 Å². The number of aromatic nitrogens is 3. The van der Waals surface area contributed by atoms with Gasteiger partial charge in [0.2, 0.25) is 70.9 Å². The van der Waals surface area contributed by atoms with Crippen molar-refractivity contribution in [2.45, 2.75) is 193 Å². The maximum atomic E-state index is 14.4. The van der Waals surface area contributed by atoms with Gasteiger partial charge in [0, 0.05) is 48.4 Å². The van der Waals surface area contributed by atoms with Gasteiger partial charge in [-0.15, -0.1) is 0 Å². The molecule has 34 heteroatoms. The number of aromatic amines is 2. The van der Waals surface area contributed by atoms with Gasteiger partial charge in [0.05, 0.1) is 26.0 Å². The van der Waals surface area contributed by atoms with Gasteiger partial charge >= 0.3 is 0 Å². The number of guanidine groups is 1. The Kier molecular flexibility index (Phi) is 37.7. The van der Waals surface area contributed by atoms with E-state index in [9.17, 15) is 62.6 Å². The molecule has 0 saturated carbocycles. The number of nitrogens with two attached hydrogens (primary N) is 5.